The Morgan fingerprint density at radius 1 is 0.833 bits per heavy atom. The van der Waals surface area contributed by atoms with Crippen LogP contribution < -0.4 is 0 Å². The quantitative estimate of drug-likeness (QED) is 0.296. The largest absolute Gasteiger partial charge is 0.250 e. The van der Waals surface area contributed by atoms with Crippen molar-refractivity contribution in [3.05, 3.63) is 41.0 Å². The normalized spacial score (nSPS) is 23.9. The van der Waals surface area contributed by atoms with Crippen molar-refractivity contribution in [2.24, 2.45) is 11.8 Å². The first-order valence-electron chi connectivity index (χ1n) is 8.96. The predicted molar refractivity (Wildman–Crippen MR) is 110 cm³/mol. The van der Waals surface area contributed by atoms with E-state index in [1.807, 2.05) is 13.8 Å². The van der Waals surface area contributed by atoms with Crippen LogP contribution in [-0.2, 0) is 23.2 Å². The van der Waals surface area contributed by atoms with Crippen LogP contribution in [0.3, 0.4) is 0 Å². The molecule has 0 aliphatic heterocycles. The van der Waals surface area contributed by atoms with Gasteiger partial charge >= 0.3 is 118 Å². The van der Waals surface area contributed by atoms with Crippen LogP contribution >= 0.6 is 22.2 Å². The predicted octanol–water partition coefficient (Wildman–Crippen LogP) is 7.75. The number of rotatable bonds is 4. The third-order valence-corrected chi connectivity index (χ3v) is 15.9. The molecular weight excluding hydrogens is 430 g/mol. The van der Waals surface area contributed by atoms with Crippen LogP contribution in [0.5, 0.6) is 0 Å². The van der Waals surface area contributed by atoms with Crippen LogP contribution in [-0.4, -0.2) is 6.69 Å². The molecule has 0 radical (unpaired) electrons. The average Bonchev–Trinajstić information content (AvgIpc) is 2.91. The Balaban J connectivity index is 0.000000351. The zero-order chi connectivity index (χ0) is 18.7. The standard InChI is InChI=1S/2C8H11.C4H10Cl2Si.Zr/c2*1-6-4-7(2)8(3)5-6;1-3-7(5,6)4-2;/h2*4,8H,1-3H3;3-4H2,1-2H3;. The van der Waals surface area contributed by atoms with E-state index < -0.39 is 29.9 Å². The van der Waals surface area contributed by atoms with Crippen LogP contribution in [0, 0.1) is 11.8 Å². The van der Waals surface area contributed by atoms with Crippen molar-refractivity contribution >= 4 is 28.9 Å². The summed E-state index contributed by atoms with van der Waals surface area (Å²) in [6, 6.07) is 1.93. The van der Waals surface area contributed by atoms with E-state index >= 15 is 0 Å². The van der Waals surface area contributed by atoms with Gasteiger partial charge in [0.05, 0.1) is 0 Å². The zero-order valence-corrected chi connectivity index (χ0v) is 21.4. The second kappa shape index (κ2) is 9.54. The maximum absolute atomic E-state index is 5.81. The molecule has 2 rings (SSSR count). The van der Waals surface area contributed by atoms with Gasteiger partial charge in [-0.05, 0) is 12.1 Å². The van der Waals surface area contributed by atoms with Gasteiger partial charge in [0.15, 0.2) is 0 Å². The van der Waals surface area contributed by atoms with E-state index in [4.69, 9.17) is 22.2 Å². The average molecular weight is 463 g/mol. The summed E-state index contributed by atoms with van der Waals surface area (Å²) in [5.41, 5.74) is 6.26. The van der Waals surface area contributed by atoms with Gasteiger partial charge in [-0.3, -0.25) is 0 Å². The minimum atomic E-state index is -1.71. The molecule has 0 bridgehead atoms. The second-order valence-electron chi connectivity index (χ2n) is 7.10. The Bertz CT molecular complexity index is 547. The van der Waals surface area contributed by atoms with Gasteiger partial charge in [-0.25, -0.2) is 0 Å². The molecule has 0 aromatic rings. The van der Waals surface area contributed by atoms with Crippen molar-refractivity contribution in [3.63, 3.8) is 0 Å². The Morgan fingerprint density at radius 2 is 1.17 bits per heavy atom. The molecule has 0 fully saturated rings. The first kappa shape index (κ1) is 22.7. The summed E-state index contributed by atoms with van der Waals surface area (Å²) in [7, 11) is 0. The van der Waals surface area contributed by atoms with Crippen LogP contribution in [0.1, 0.15) is 55.4 Å². The van der Waals surface area contributed by atoms with Crippen molar-refractivity contribution in [2.45, 2.75) is 67.5 Å². The summed E-state index contributed by atoms with van der Waals surface area (Å²) in [6.07, 6.45) is 4.80. The number of halogens is 2. The van der Waals surface area contributed by atoms with Gasteiger partial charge < -0.3 is 0 Å². The number of hydrogen-bond acceptors (Lipinski definition) is 0. The molecule has 2 unspecified atom stereocenters. The molecule has 0 aromatic carbocycles. The Morgan fingerprint density at radius 3 is 1.33 bits per heavy atom. The topological polar surface area (TPSA) is 0 Å². The van der Waals surface area contributed by atoms with E-state index in [1.54, 1.807) is 28.9 Å². The molecule has 2 aliphatic rings. The van der Waals surface area contributed by atoms with Gasteiger partial charge in [0.25, 0.3) is 6.69 Å². The minimum absolute atomic E-state index is 0.548. The van der Waals surface area contributed by atoms with Crippen LogP contribution in [0.4, 0.5) is 0 Å². The molecule has 0 N–H and O–H groups in total. The van der Waals surface area contributed by atoms with Crippen molar-refractivity contribution in [2.75, 3.05) is 0 Å². The van der Waals surface area contributed by atoms with Gasteiger partial charge in [-0.2, -0.15) is 0 Å². The summed E-state index contributed by atoms with van der Waals surface area (Å²) < 4.78 is 3.60. The number of allylic oxidation sites excluding steroid dienone is 8. The van der Waals surface area contributed by atoms with Gasteiger partial charge in [0, 0.05) is 0 Å². The summed E-state index contributed by atoms with van der Waals surface area (Å²) in [5, 5.41) is 0. The van der Waals surface area contributed by atoms with Gasteiger partial charge in [-0.1, -0.05) is 13.8 Å². The van der Waals surface area contributed by atoms with E-state index in [0.29, 0.717) is 0 Å². The van der Waals surface area contributed by atoms with Crippen molar-refractivity contribution < 1.29 is 23.2 Å². The van der Waals surface area contributed by atoms with E-state index in [2.05, 4.69) is 53.7 Å². The molecule has 0 heterocycles. The molecule has 0 saturated heterocycles. The third-order valence-electron chi connectivity index (χ3n) is 5.27. The first-order chi connectivity index (χ1) is 11.0. The zero-order valence-electron chi connectivity index (χ0n) is 16.5. The maximum Gasteiger partial charge on any atom is 0.250 e. The molecule has 0 spiro atoms. The SMILES string of the molecule is CC1=CC(C)=[C]([Zr][C]2=C(C)C=C(C)C2C)C1C.CC[Si](Cl)(Cl)CC. The maximum atomic E-state index is 5.81. The second-order valence-corrected chi connectivity index (χ2v) is 18.4. The fourth-order valence-electron chi connectivity index (χ4n) is 3.04. The fourth-order valence-corrected chi connectivity index (χ4v) is 7.76. The van der Waals surface area contributed by atoms with Gasteiger partial charge in [0.1, 0.15) is 0 Å². The monoisotopic (exact) mass is 460 g/mol. The summed E-state index contributed by atoms with van der Waals surface area (Å²) >= 11 is 11.1. The molecule has 0 saturated carbocycles. The van der Waals surface area contributed by atoms with Crippen molar-refractivity contribution in [3.8, 4) is 0 Å². The molecule has 4 heteroatoms. The molecule has 134 valence electrons. The van der Waals surface area contributed by atoms with Gasteiger partial charge in [-0.15, -0.1) is 22.2 Å². The Labute approximate surface area is 171 Å². The Hall–Kier alpha value is 0.640. The summed E-state index contributed by atoms with van der Waals surface area (Å²) in [5.74, 6) is 1.44. The molecule has 24 heavy (non-hydrogen) atoms. The molecule has 2 atom stereocenters. The van der Waals surface area contributed by atoms with E-state index in [-0.39, 0.29) is 0 Å². The third kappa shape index (κ3) is 5.83. The van der Waals surface area contributed by atoms with Crippen LogP contribution in [0.2, 0.25) is 12.1 Å². The molecule has 0 nitrogen and oxygen atoms in total. The van der Waals surface area contributed by atoms with Gasteiger partial charge in [0.2, 0.25) is 0 Å². The van der Waals surface area contributed by atoms with E-state index in [9.17, 15) is 0 Å². The smallest absolute Gasteiger partial charge is 0.146 e. The van der Waals surface area contributed by atoms with E-state index in [0.717, 1.165) is 23.9 Å². The molecular formula is C20H32Cl2SiZr. The Kier molecular flexibility index (Phi) is 9.02. The molecule has 2 aliphatic carbocycles. The minimum Gasteiger partial charge on any atom is -0.146 e. The number of hydrogen-bond donors (Lipinski definition) is 0. The van der Waals surface area contributed by atoms with Crippen LogP contribution in [0.15, 0.2) is 41.0 Å². The van der Waals surface area contributed by atoms with Crippen molar-refractivity contribution in [1.29, 1.82) is 0 Å². The van der Waals surface area contributed by atoms with E-state index in [1.165, 1.54) is 0 Å². The molecule has 0 amide bonds. The fraction of sp³-hybridized carbons (Fsp3) is 0.600. The first-order valence-corrected chi connectivity index (χ1v) is 15.9. The van der Waals surface area contributed by atoms with Crippen LogP contribution in [0.25, 0.3) is 0 Å². The van der Waals surface area contributed by atoms with Crippen molar-refractivity contribution in [1.82, 2.24) is 0 Å². The molecule has 0 aromatic heterocycles. The summed E-state index contributed by atoms with van der Waals surface area (Å²) in [6.45, 7) is 16.3. The summed E-state index contributed by atoms with van der Waals surface area (Å²) in [4.78, 5) is 0.